The Kier molecular flexibility index (Phi) is 6.97. The first-order chi connectivity index (χ1) is 13.4. The number of hydrogen-bond donors (Lipinski definition) is 2. The minimum atomic E-state index is -3.81. The lowest BCUT2D eigenvalue weighted by atomic mass is 10.0. The molecule has 0 aliphatic heterocycles. The van der Waals surface area contributed by atoms with E-state index < -0.39 is 21.5 Å². The molecule has 2 rings (SSSR count). The molecule has 0 aliphatic rings. The van der Waals surface area contributed by atoms with E-state index in [0.29, 0.717) is 5.56 Å². The van der Waals surface area contributed by atoms with Gasteiger partial charge in [-0.05, 0) is 63.9 Å². The summed E-state index contributed by atoms with van der Waals surface area (Å²) >= 11 is 0. The topological polar surface area (TPSA) is 92.3 Å². The molecule has 0 aliphatic carbocycles. The Morgan fingerprint density at radius 3 is 2.21 bits per heavy atom. The summed E-state index contributed by atoms with van der Waals surface area (Å²) in [4.78, 5) is 24.7. The Morgan fingerprint density at radius 2 is 1.59 bits per heavy atom. The molecule has 0 spiro atoms. The number of nitrogens with one attached hydrogen (secondary N) is 2. The van der Waals surface area contributed by atoms with Crippen LogP contribution < -0.4 is 10.0 Å². The van der Waals surface area contributed by atoms with Crippen molar-refractivity contribution in [3.8, 4) is 0 Å². The van der Waals surface area contributed by atoms with Crippen LogP contribution in [0.2, 0.25) is 0 Å². The molecule has 2 N–H and O–H groups in total. The van der Waals surface area contributed by atoms with Crippen molar-refractivity contribution in [3.63, 3.8) is 0 Å². The number of rotatable bonds is 7. The summed E-state index contributed by atoms with van der Waals surface area (Å²) in [6, 6.07) is 11.6. The van der Waals surface area contributed by atoms with Crippen molar-refractivity contribution in [2.45, 2.75) is 57.9 Å². The Balaban J connectivity index is 2.08. The van der Waals surface area contributed by atoms with E-state index in [2.05, 4.69) is 10.0 Å². The zero-order chi connectivity index (χ0) is 21.8. The third-order valence-electron chi connectivity index (χ3n) is 4.30. The fraction of sp³-hybridized carbons (Fsp3) is 0.364. The molecule has 0 fully saturated rings. The second-order valence-corrected chi connectivity index (χ2v) is 9.77. The number of para-hydroxylation sites is 1. The smallest absolute Gasteiger partial charge is 0.243 e. The van der Waals surface area contributed by atoms with Crippen LogP contribution in [-0.2, 0) is 14.8 Å². The van der Waals surface area contributed by atoms with Crippen LogP contribution >= 0.6 is 0 Å². The van der Waals surface area contributed by atoms with E-state index in [1.165, 1.54) is 12.1 Å². The number of aryl methyl sites for hydroxylation is 2. The van der Waals surface area contributed by atoms with E-state index in [0.717, 1.165) is 11.1 Å². The highest BCUT2D eigenvalue weighted by Gasteiger charge is 2.25. The first-order valence-corrected chi connectivity index (χ1v) is 10.9. The van der Waals surface area contributed by atoms with Crippen molar-refractivity contribution < 1.29 is 18.0 Å². The maximum absolute atomic E-state index is 12.6. The number of anilines is 1. The van der Waals surface area contributed by atoms with Gasteiger partial charge in [0, 0.05) is 23.9 Å². The van der Waals surface area contributed by atoms with Crippen molar-refractivity contribution in [1.82, 2.24) is 4.72 Å². The van der Waals surface area contributed by atoms with Crippen molar-refractivity contribution in [2.24, 2.45) is 0 Å². The van der Waals surface area contributed by atoms with Crippen LogP contribution in [0.25, 0.3) is 0 Å². The van der Waals surface area contributed by atoms with Gasteiger partial charge in [-0.15, -0.1) is 0 Å². The van der Waals surface area contributed by atoms with Crippen LogP contribution in [0, 0.1) is 13.8 Å². The van der Waals surface area contributed by atoms with Crippen molar-refractivity contribution in [2.75, 3.05) is 5.32 Å². The van der Waals surface area contributed by atoms with E-state index in [-0.39, 0.29) is 29.2 Å². The van der Waals surface area contributed by atoms with Gasteiger partial charge in [0.25, 0.3) is 0 Å². The average molecular weight is 417 g/mol. The van der Waals surface area contributed by atoms with Gasteiger partial charge in [-0.25, -0.2) is 13.1 Å². The van der Waals surface area contributed by atoms with Gasteiger partial charge < -0.3 is 5.32 Å². The third kappa shape index (κ3) is 6.51. The Bertz CT molecular complexity index is 1020. The third-order valence-corrected chi connectivity index (χ3v) is 6.12. The summed E-state index contributed by atoms with van der Waals surface area (Å²) in [5.74, 6) is -0.542. The lowest BCUT2D eigenvalue weighted by molar-refractivity contribution is -0.116. The highest BCUT2D eigenvalue weighted by Crippen LogP contribution is 2.23. The lowest BCUT2D eigenvalue weighted by Gasteiger charge is -2.21. The van der Waals surface area contributed by atoms with Gasteiger partial charge in [0.15, 0.2) is 5.78 Å². The summed E-state index contributed by atoms with van der Waals surface area (Å²) < 4.78 is 27.9. The molecule has 0 unspecified atom stereocenters. The average Bonchev–Trinajstić information content (AvgIpc) is 2.60. The molecule has 0 atom stereocenters. The number of carbonyl (C=O) groups is 2. The highest BCUT2D eigenvalue weighted by atomic mass is 32.2. The summed E-state index contributed by atoms with van der Waals surface area (Å²) in [5.41, 5.74) is 2.21. The molecule has 2 aromatic carbocycles. The fourth-order valence-corrected chi connectivity index (χ4v) is 4.34. The molecular weight excluding hydrogens is 388 g/mol. The Labute approximate surface area is 172 Å². The maximum atomic E-state index is 12.6. The van der Waals surface area contributed by atoms with E-state index in [4.69, 9.17) is 0 Å². The second kappa shape index (κ2) is 8.88. The minimum Gasteiger partial charge on any atom is -0.325 e. The zero-order valence-electron chi connectivity index (χ0n) is 17.5. The Hall–Kier alpha value is -2.51. The van der Waals surface area contributed by atoms with Gasteiger partial charge in [0.05, 0.1) is 5.69 Å². The van der Waals surface area contributed by atoms with Crippen molar-refractivity contribution >= 4 is 27.4 Å². The fourth-order valence-electron chi connectivity index (χ4n) is 2.76. The van der Waals surface area contributed by atoms with E-state index >= 15 is 0 Å². The molecule has 0 saturated heterocycles. The van der Waals surface area contributed by atoms with Gasteiger partial charge in [0.2, 0.25) is 15.9 Å². The second-order valence-electron chi connectivity index (χ2n) is 8.12. The van der Waals surface area contributed by atoms with Crippen LogP contribution in [0.3, 0.4) is 0 Å². The molecule has 0 bridgehead atoms. The lowest BCUT2D eigenvalue weighted by Crippen LogP contribution is -2.40. The number of benzene rings is 2. The summed E-state index contributed by atoms with van der Waals surface area (Å²) in [5, 5.41) is 2.62. The summed E-state index contributed by atoms with van der Waals surface area (Å²) in [6.45, 7) is 9.12. The molecule has 0 aromatic heterocycles. The molecule has 6 nitrogen and oxygen atoms in total. The van der Waals surface area contributed by atoms with E-state index in [1.54, 1.807) is 39.0 Å². The largest absolute Gasteiger partial charge is 0.325 e. The van der Waals surface area contributed by atoms with Crippen LogP contribution in [0.5, 0.6) is 0 Å². The molecule has 1 amide bonds. The number of carbonyl (C=O) groups excluding carboxylic acids is 2. The zero-order valence-corrected chi connectivity index (χ0v) is 18.3. The normalized spacial score (nSPS) is 11.9. The quantitative estimate of drug-likeness (QED) is 0.668. The summed E-state index contributed by atoms with van der Waals surface area (Å²) in [6.07, 6.45) is 0.0102. The number of amides is 1. The van der Waals surface area contributed by atoms with Crippen LogP contribution in [0.15, 0.2) is 47.4 Å². The molecule has 0 saturated carbocycles. The Morgan fingerprint density at radius 1 is 0.931 bits per heavy atom. The monoisotopic (exact) mass is 416 g/mol. The van der Waals surface area contributed by atoms with Crippen LogP contribution in [0.1, 0.15) is 55.1 Å². The van der Waals surface area contributed by atoms with Crippen LogP contribution in [-0.4, -0.2) is 25.6 Å². The minimum absolute atomic E-state index is 0.0104. The highest BCUT2D eigenvalue weighted by molar-refractivity contribution is 7.89. The van der Waals surface area contributed by atoms with Crippen LogP contribution in [0.4, 0.5) is 5.69 Å². The predicted molar refractivity (Wildman–Crippen MR) is 115 cm³/mol. The van der Waals surface area contributed by atoms with Gasteiger partial charge in [-0.2, -0.15) is 0 Å². The van der Waals surface area contributed by atoms with Gasteiger partial charge in [0.1, 0.15) is 4.90 Å². The standard InChI is InChI=1S/C22H28N2O4S/c1-15-10-11-17(14-16(15)2)19(25)12-13-21(26)23-18-8-6-7-9-20(18)29(27,28)24-22(3,4)5/h6-11,14,24H,12-13H2,1-5H3,(H,23,26). The van der Waals surface area contributed by atoms with E-state index in [9.17, 15) is 18.0 Å². The molecule has 156 valence electrons. The van der Waals surface area contributed by atoms with Gasteiger partial charge in [-0.3, -0.25) is 9.59 Å². The van der Waals surface area contributed by atoms with Gasteiger partial charge >= 0.3 is 0 Å². The molecule has 29 heavy (non-hydrogen) atoms. The van der Waals surface area contributed by atoms with Crippen molar-refractivity contribution in [1.29, 1.82) is 0 Å². The molecule has 0 radical (unpaired) electrons. The van der Waals surface area contributed by atoms with E-state index in [1.807, 2.05) is 26.0 Å². The maximum Gasteiger partial charge on any atom is 0.243 e. The van der Waals surface area contributed by atoms with Gasteiger partial charge in [-0.1, -0.05) is 24.3 Å². The first kappa shape index (κ1) is 22.8. The summed E-state index contributed by atoms with van der Waals surface area (Å²) in [7, 11) is -3.81. The molecule has 0 heterocycles. The molecule has 2 aromatic rings. The first-order valence-electron chi connectivity index (χ1n) is 9.42. The number of sulfonamides is 1. The number of ketones is 1. The van der Waals surface area contributed by atoms with Crippen molar-refractivity contribution in [3.05, 3.63) is 59.2 Å². The SMILES string of the molecule is Cc1ccc(C(=O)CCC(=O)Nc2ccccc2S(=O)(=O)NC(C)(C)C)cc1C. The predicted octanol–water partition coefficient (Wildman–Crippen LogP) is 3.98. The molecule has 7 heteroatoms. The number of hydrogen-bond acceptors (Lipinski definition) is 4. The number of Topliss-reactive ketones (excluding diaryl/α,β-unsaturated/α-hetero) is 1. The molecular formula is C22H28N2O4S.